The van der Waals surface area contributed by atoms with Crippen LogP contribution in [0.2, 0.25) is 0 Å². The molecule has 0 radical (unpaired) electrons. The highest BCUT2D eigenvalue weighted by atomic mass is 35.5. The zero-order chi connectivity index (χ0) is 18.6. The summed E-state index contributed by atoms with van der Waals surface area (Å²) in [6, 6.07) is 11.1. The smallest absolute Gasteiger partial charge is 0.261 e. The number of carbonyl (C=O) groups excluding carboxylic acids is 1. The van der Waals surface area contributed by atoms with Crippen LogP contribution in [0.3, 0.4) is 0 Å². The monoisotopic (exact) mass is 413 g/mol. The summed E-state index contributed by atoms with van der Waals surface area (Å²) in [7, 11) is -3.94. The van der Waals surface area contributed by atoms with Gasteiger partial charge < -0.3 is 10.6 Å². The Hall–Kier alpha value is -2.16. The van der Waals surface area contributed by atoms with Gasteiger partial charge in [0.1, 0.15) is 5.82 Å². The van der Waals surface area contributed by atoms with Gasteiger partial charge in [-0.3, -0.25) is 9.52 Å². The van der Waals surface area contributed by atoms with Crippen molar-refractivity contribution in [1.29, 1.82) is 0 Å². The van der Waals surface area contributed by atoms with Gasteiger partial charge in [-0.25, -0.2) is 12.8 Å². The molecule has 1 saturated heterocycles. The molecule has 1 aliphatic rings. The summed E-state index contributed by atoms with van der Waals surface area (Å²) in [6.07, 6.45) is 1.92. The molecule has 0 aromatic heterocycles. The molecule has 0 bridgehead atoms. The molecule has 1 amide bonds. The molecular weight excluding hydrogens is 393 g/mol. The van der Waals surface area contributed by atoms with Crippen LogP contribution in [0.15, 0.2) is 53.4 Å². The van der Waals surface area contributed by atoms with Crippen molar-refractivity contribution in [3.05, 3.63) is 59.9 Å². The number of hydrogen-bond donors (Lipinski definition) is 3. The molecule has 6 nitrogen and oxygen atoms in total. The fourth-order valence-electron chi connectivity index (χ4n) is 2.78. The second kappa shape index (κ2) is 9.16. The van der Waals surface area contributed by atoms with E-state index in [0.717, 1.165) is 25.9 Å². The molecule has 0 unspecified atom stereocenters. The molecule has 1 atom stereocenters. The highest BCUT2D eigenvalue weighted by Gasteiger charge is 2.19. The second-order valence-electron chi connectivity index (χ2n) is 6.13. The summed E-state index contributed by atoms with van der Waals surface area (Å²) in [4.78, 5) is 12.2. The van der Waals surface area contributed by atoms with E-state index in [2.05, 4.69) is 15.4 Å². The normalized spacial score (nSPS) is 16.9. The van der Waals surface area contributed by atoms with Crippen molar-refractivity contribution in [2.75, 3.05) is 17.8 Å². The Morgan fingerprint density at radius 1 is 1.11 bits per heavy atom. The average Bonchev–Trinajstić information content (AvgIpc) is 2.64. The quantitative estimate of drug-likeness (QED) is 0.703. The number of hydrogen-bond acceptors (Lipinski definition) is 4. The van der Waals surface area contributed by atoms with Crippen LogP contribution in [0.1, 0.15) is 23.2 Å². The van der Waals surface area contributed by atoms with Gasteiger partial charge in [-0.05, 0) is 55.8 Å². The first-order chi connectivity index (χ1) is 12.5. The van der Waals surface area contributed by atoms with E-state index in [1.165, 1.54) is 48.5 Å². The number of sulfonamides is 1. The average molecular weight is 414 g/mol. The van der Waals surface area contributed by atoms with Crippen molar-refractivity contribution >= 4 is 34.0 Å². The summed E-state index contributed by atoms with van der Waals surface area (Å²) in [5.74, 6) is -0.905. The number of benzene rings is 2. The molecule has 0 saturated carbocycles. The predicted octanol–water partition coefficient (Wildman–Crippen LogP) is 2.53. The standard InChI is InChI=1S/C18H20FN3O3S.ClH/c19-16-5-1-2-6-17(16)22-26(24,25)15-9-7-13(8-10-15)18(23)21-14-4-3-11-20-12-14;/h1-2,5-10,14,20,22H,3-4,11-12H2,(H,21,23);1H/t14-;/m0./s1. The SMILES string of the molecule is Cl.O=C(N[C@H]1CCCNC1)c1ccc(S(=O)(=O)Nc2ccccc2F)cc1. The minimum Gasteiger partial charge on any atom is -0.348 e. The van der Waals surface area contributed by atoms with E-state index in [9.17, 15) is 17.6 Å². The van der Waals surface area contributed by atoms with Gasteiger partial charge in [0, 0.05) is 18.2 Å². The minimum absolute atomic E-state index is 0. The molecule has 2 aromatic carbocycles. The van der Waals surface area contributed by atoms with Gasteiger partial charge in [0.2, 0.25) is 0 Å². The van der Waals surface area contributed by atoms with Crippen LogP contribution in [-0.4, -0.2) is 33.5 Å². The summed E-state index contributed by atoms with van der Waals surface area (Å²) in [5, 5.41) is 6.14. The van der Waals surface area contributed by atoms with Gasteiger partial charge >= 0.3 is 0 Å². The van der Waals surface area contributed by atoms with Gasteiger partial charge in [0.05, 0.1) is 10.6 Å². The lowest BCUT2D eigenvalue weighted by Crippen LogP contribution is -2.45. The third-order valence-electron chi connectivity index (χ3n) is 4.18. The van der Waals surface area contributed by atoms with Crippen molar-refractivity contribution < 1.29 is 17.6 Å². The first-order valence-corrected chi connectivity index (χ1v) is 9.83. The molecule has 1 heterocycles. The molecule has 3 rings (SSSR count). The number of halogens is 2. The minimum atomic E-state index is -3.94. The van der Waals surface area contributed by atoms with E-state index >= 15 is 0 Å². The molecule has 1 fully saturated rings. The number of amides is 1. The van der Waals surface area contributed by atoms with E-state index in [0.29, 0.717) is 5.56 Å². The molecule has 0 aliphatic carbocycles. The lowest BCUT2D eigenvalue weighted by atomic mass is 10.1. The molecule has 3 N–H and O–H groups in total. The van der Waals surface area contributed by atoms with Crippen LogP contribution in [0.25, 0.3) is 0 Å². The Bertz CT molecular complexity index is 885. The molecule has 27 heavy (non-hydrogen) atoms. The van der Waals surface area contributed by atoms with Crippen molar-refractivity contribution in [1.82, 2.24) is 10.6 Å². The number of piperidine rings is 1. The van der Waals surface area contributed by atoms with E-state index in [1.54, 1.807) is 0 Å². The first kappa shape index (κ1) is 21.1. The highest BCUT2D eigenvalue weighted by Crippen LogP contribution is 2.19. The third kappa shape index (κ3) is 5.41. The van der Waals surface area contributed by atoms with Crippen LogP contribution in [0.5, 0.6) is 0 Å². The third-order valence-corrected chi connectivity index (χ3v) is 5.56. The van der Waals surface area contributed by atoms with Crippen molar-refractivity contribution in [3.63, 3.8) is 0 Å². The topological polar surface area (TPSA) is 87.3 Å². The maximum Gasteiger partial charge on any atom is 0.261 e. The van der Waals surface area contributed by atoms with Crippen molar-refractivity contribution in [3.8, 4) is 0 Å². The number of nitrogens with one attached hydrogen (secondary N) is 3. The molecule has 0 spiro atoms. The molecule has 146 valence electrons. The fraction of sp³-hybridized carbons (Fsp3) is 0.278. The van der Waals surface area contributed by atoms with E-state index in [4.69, 9.17) is 0 Å². The highest BCUT2D eigenvalue weighted by molar-refractivity contribution is 7.92. The zero-order valence-corrected chi connectivity index (χ0v) is 16.1. The maximum atomic E-state index is 13.6. The van der Waals surface area contributed by atoms with Gasteiger partial charge in [-0.2, -0.15) is 0 Å². The Labute approximate surface area is 164 Å². The molecule has 9 heteroatoms. The summed E-state index contributed by atoms with van der Waals surface area (Å²) in [6.45, 7) is 1.68. The van der Waals surface area contributed by atoms with Crippen LogP contribution in [0, 0.1) is 5.82 Å². The van der Waals surface area contributed by atoms with Gasteiger partial charge in [-0.15, -0.1) is 12.4 Å². The van der Waals surface area contributed by atoms with Gasteiger partial charge in [-0.1, -0.05) is 12.1 Å². The van der Waals surface area contributed by atoms with Crippen LogP contribution in [0.4, 0.5) is 10.1 Å². The Kier molecular flexibility index (Phi) is 7.18. The number of anilines is 1. The van der Waals surface area contributed by atoms with Crippen LogP contribution in [-0.2, 0) is 10.0 Å². The van der Waals surface area contributed by atoms with Crippen LogP contribution >= 0.6 is 12.4 Å². The van der Waals surface area contributed by atoms with Crippen molar-refractivity contribution in [2.24, 2.45) is 0 Å². The Balaban J connectivity index is 0.00000261. The Morgan fingerprint density at radius 3 is 2.44 bits per heavy atom. The van der Waals surface area contributed by atoms with Crippen LogP contribution < -0.4 is 15.4 Å². The largest absolute Gasteiger partial charge is 0.348 e. The lowest BCUT2D eigenvalue weighted by molar-refractivity contribution is 0.0930. The molecular formula is C18H21ClFN3O3S. The number of rotatable bonds is 5. The second-order valence-corrected chi connectivity index (χ2v) is 7.81. The molecule has 1 aliphatic heterocycles. The predicted molar refractivity (Wildman–Crippen MR) is 104 cm³/mol. The van der Waals surface area contributed by atoms with E-state index in [-0.39, 0.29) is 34.9 Å². The fourth-order valence-corrected chi connectivity index (χ4v) is 3.84. The Morgan fingerprint density at radius 2 is 1.81 bits per heavy atom. The van der Waals surface area contributed by atoms with Crippen molar-refractivity contribution in [2.45, 2.75) is 23.8 Å². The summed E-state index contributed by atoms with van der Waals surface area (Å²) < 4.78 is 40.6. The number of carbonyl (C=O) groups is 1. The molecule has 2 aromatic rings. The first-order valence-electron chi connectivity index (χ1n) is 8.35. The maximum absolute atomic E-state index is 13.6. The lowest BCUT2D eigenvalue weighted by Gasteiger charge is -2.23. The zero-order valence-electron chi connectivity index (χ0n) is 14.4. The number of para-hydroxylation sites is 1. The van der Waals surface area contributed by atoms with E-state index < -0.39 is 15.8 Å². The van der Waals surface area contributed by atoms with E-state index in [1.807, 2.05) is 0 Å². The van der Waals surface area contributed by atoms with Gasteiger partial charge in [0.25, 0.3) is 15.9 Å². The van der Waals surface area contributed by atoms with Gasteiger partial charge in [0.15, 0.2) is 0 Å². The summed E-state index contributed by atoms with van der Waals surface area (Å²) >= 11 is 0. The summed E-state index contributed by atoms with van der Waals surface area (Å²) in [5.41, 5.74) is 0.250.